The van der Waals surface area contributed by atoms with Crippen LogP contribution in [0.1, 0.15) is 27.2 Å². The van der Waals surface area contributed by atoms with E-state index in [1.165, 1.54) is 6.07 Å². The molecule has 0 radical (unpaired) electrons. The molecule has 1 aromatic heterocycles. The van der Waals surface area contributed by atoms with Gasteiger partial charge in [0.25, 0.3) is 5.91 Å². The van der Waals surface area contributed by atoms with Crippen LogP contribution in [0.2, 0.25) is 0 Å². The van der Waals surface area contributed by atoms with E-state index >= 15 is 0 Å². The molecule has 0 unspecified atom stereocenters. The summed E-state index contributed by atoms with van der Waals surface area (Å²) in [5.74, 6) is 1.58. The van der Waals surface area contributed by atoms with Gasteiger partial charge in [0.05, 0.1) is 12.2 Å². The average Bonchev–Trinajstić information content (AvgIpc) is 2.61. The molecule has 0 fully saturated rings. The van der Waals surface area contributed by atoms with Gasteiger partial charge in [-0.3, -0.25) is 4.79 Å². The van der Waals surface area contributed by atoms with Crippen molar-refractivity contribution >= 4 is 17.7 Å². The molecule has 0 saturated heterocycles. The van der Waals surface area contributed by atoms with Crippen molar-refractivity contribution in [3.05, 3.63) is 40.6 Å². The first-order chi connectivity index (χ1) is 12.3. The van der Waals surface area contributed by atoms with Crippen LogP contribution in [0.5, 0.6) is 5.75 Å². The summed E-state index contributed by atoms with van der Waals surface area (Å²) in [5.41, 5.74) is 3.22. The highest BCUT2D eigenvalue weighted by Crippen LogP contribution is 2.28. The van der Waals surface area contributed by atoms with Crippen molar-refractivity contribution in [1.29, 1.82) is 0 Å². The fourth-order valence-corrected chi connectivity index (χ4v) is 3.07. The molecule has 0 saturated carbocycles. The van der Waals surface area contributed by atoms with Gasteiger partial charge in [0.15, 0.2) is 0 Å². The van der Waals surface area contributed by atoms with Crippen molar-refractivity contribution in [2.45, 2.75) is 19.9 Å². The number of aryl methyl sites for hydroxylation is 1. The minimum Gasteiger partial charge on any atom is -0.508 e. The maximum Gasteiger partial charge on any atom is 0.254 e. The van der Waals surface area contributed by atoms with Crippen molar-refractivity contribution in [3.8, 4) is 5.75 Å². The third kappa shape index (κ3) is 3.29. The van der Waals surface area contributed by atoms with E-state index in [1.807, 2.05) is 44.9 Å². The fraction of sp³-hybridized carbons (Fsp3) is 0.421. The minimum absolute atomic E-state index is 0.0950. The number of benzene rings is 1. The quantitative estimate of drug-likeness (QED) is 0.905. The number of aromatic nitrogens is 2. The zero-order valence-corrected chi connectivity index (χ0v) is 15.9. The van der Waals surface area contributed by atoms with Crippen LogP contribution < -0.4 is 9.80 Å². The number of hydrogen-bond acceptors (Lipinski definition) is 6. The SMILES string of the molecule is Cc1ccc(C(=O)N2CCc3c(nc(N(C)C)nc3N(C)C)C2)cc1O. The predicted molar refractivity (Wildman–Crippen MR) is 102 cm³/mol. The molecule has 0 bridgehead atoms. The summed E-state index contributed by atoms with van der Waals surface area (Å²) in [6, 6.07) is 5.05. The standard InChI is InChI=1S/C19H25N5O2/c1-12-6-7-13(10-16(12)25)18(26)24-9-8-14-15(11-24)20-19(23(4)5)21-17(14)22(2)3/h6-7,10,25H,8-9,11H2,1-5H3. The normalized spacial score (nSPS) is 13.3. The topological polar surface area (TPSA) is 72.8 Å². The third-order valence-electron chi connectivity index (χ3n) is 4.60. The maximum atomic E-state index is 12.9. The molecule has 1 N–H and O–H groups in total. The summed E-state index contributed by atoms with van der Waals surface area (Å²) in [6.45, 7) is 2.85. The Bertz CT molecular complexity index is 848. The van der Waals surface area contributed by atoms with E-state index in [0.717, 1.165) is 22.6 Å². The molecule has 0 atom stereocenters. The van der Waals surface area contributed by atoms with E-state index in [9.17, 15) is 9.90 Å². The van der Waals surface area contributed by atoms with Crippen LogP contribution in [0.3, 0.4) is 0 Å². The van der Waals surface area contributed by atoms with Crippen LogP contribution in [0.4, 0.5) is 11.8 Å². The number of carbonyl (C=O) groups is 1. The lowest BCUT2D eigenvalue weighted by Crippen LogP contribution is -2.37. The van der Waals surface area contributed by atoms with E-state index in [0.29, 0.717) is 31.0 Å². The van der Waals surface area contributed by atoms with E-state index in [4.69, 9.17) is 0 Å². The van der Waals surface area contributed by atoms with E-state index in [1.54, 1.807) is 17.0 Å². The Morgan fingerprint density at radius 2 is 1.88 bits per heavy atom. The van der Waals surface area contributed by atoms with Gasteiger partial charge in [0.2, 0.25) is 5.95 Å². The number of carbonyl (C=O) groups excluding carboxylic acids is 1. The fourth-order valence-electron chi connectivity index (χ4n) is 3.07. The van der Waals surface area contributed by atoms with Crippen LogP contribution in [0, 0.1) is 6.92 Å². The molecule has 0 aliphatic carbocycles. The third-order valence-corrected chi connectivity index (χ3v) is 4.60. The van der Waals surface area contributed by atoms with Crippen molar-refractivity contribution < 1.29 is 9.90 Å². The van der Waals surface area contributed by atoms with Gasteiger partial charge in [-0.25, -0.2) is 4.98 Å². The van der Waals surface area contributed by atoms with Crippen molar-refractivity contribution in [2.75, 3.05) is 44.5 Å². The largest absolute Gasteiger partial charge is 0.508 e. The second-order valence-corrected chi connectivity index (χ2v) is 7.04. The molecule has 26 heavy (non-hydrogen) atoms. The molecular weight excluding hydrogens is 330 g/mol. The summed E-state index contributed by atoms with van der Waals surface area (Å²) in [5, 5.41) is 9.90. The van der Waals surface area contributed by atoms with Crippen molar-refractivity contribution in [3.63, 3.8) is 0 Å². The van der Waals surface area contributed by atoms with Gasteiger partial charge in [-0.05, 0) is 31.0 Å². The molecule has 1 amide bonds. The van der Waals surface area contributed by atoms with Gasteiger partial charge >= 0.3 is 0 Å². The Hall–Kier alpha value is -2.83. The summed E-state index contributed by atoms with van der Waals surface area (Å²) < 4.78 is 0. The van der Waals surface area contributed by atoms with Crippen LogP contribution in [-0.2, 0) is 13.0 Å². The molecule has 3 rings (SSSR count). The van der Waals surface area contributed by atoms with Crippen molar-refractivity contribution in [2.24, 2.45) is 0 Å². The Labute approximate surface area is 153 Å². The smallest absolute Gasteiger partial charge is 0.254 e. The highest BCUT2D eigenvalue weighted by atomic mass is 16.3. The molecule has 2 heterocycles. The molecule has 7 nitrogen and oxygen atoms in total. The number of fused-ring (bicyclic) bond motifs is 1. The summed E-state index contributed by atoms with van der Waals surface area (Å²) in [7, 11) is 7.74. The number of nitrogens with zero attached hydrogens (tertiary/aromatic N) is 5. The molecule has 138 valence electrons. The zero-order valence-electron chi connectivity index (χ0n) is 15.9. The maximum absolute atomic E-state index is 12.9. The minimum atomic E-state index is -0.0950. The summed E-state index contributed by atoms with van der Waals surface area (Å²) >= 11 is 0. The molecule has 1 aliphatic rings. The highest BCUT2D eigenvalue weighted by Gasteiger charge is 2.27. The van der Waals surface area contributed by atoms with E-state index < -0.39 is 0 Å². The monoisotopic (exact) mass is 355 g/mol. The van der Waals surface area contributed by atoms with Crippen LogP contribution >= 0.6 is 0 Å². The highest BCUT2D eigenvalue weighted by molar-refractivity contribution is 5.95. The number of phenolic OH excluding ortho intramolecular Hbond substituents is 1. The lowest BCUT2D eigenvalue weighted by molar-refractivity contribution is 0.0731. The lowest BCUT2D eigenvalue weighted by atomic mass is 10.0. The Morgan fingerprint density at radius 3 is 2.50 bits per heavy atom. The van der Waals surface area contributed by atoms with Crippen molar-refractivity contribution in [1.82, 2.24) is 14.9 Å². The molecule has 1 aromatic carbocycles. The van der Waals surface area contributed by atoms with Crippen LogP contribution in [0.25, 0.3) is 0 Å². The number of aromatic hydroxyl groups is 1. The van der Waals surface area contributed by atoms with E-state index in [2.05, 4.69) is 9.97 Å². The molecule has 0 spiro atoms. The van der Waals surface area contributed by atoms with Gasteiger partial charge in [-0.1, -0.05) is 6.07 Å². The molecule has 7 heteroatoms. The van der Waals surface area contributed by atoms with Crippen LogP contribution in [0.15, 0.2) is 18.2 Å². The number of amides is 1. The Morgan fingerprint density at radius 1 is 1.15 bits per heavy atom. The predicted octanol–water partition coefficient (Wildman–Crippen LogP) is 1.82. The van der Waals surface area contributed by atoms with Gasteiger partial charge in [-0.2, -0.15) is 4.98 Å². The first kappa shape index (κ1) is 18.0. The van der Waals surface area contributed by atoms with Gasteiger partial charge < -0.3 is 19.8 Å². The Balaban J connectivity index is 1.93. The molecule has 1 aliphatic heterocycles. The lowest BCUT2D eigenvalue weighted by Gasteiger charge is -2.31. The summed E-state index contributed by atoms with van der Waals surface area (Å²) in [6.07, 6.45) is 0.708. The summed E-state index contributed by atoms with van der Waals surface area (Å²) in [4.78, 5) is 27.8. The zero-order chi connectivity index (χ0) is 19.0. The first-order valence-corrected chi connectivity index (χ1v) is 8.61. The first-order valence-electron chi connectivity index (χ1n) is 8.61. The number of anilines is 2. The number of rotatable bonds is 3. The average molecular weight is 355 g/mol. The number of phenols is 1. The Kier molecular flexibility index (Phi) is 4.71. The van der Waals surface area contributed by atoms with E-state index in [-0.39, 0.29) is 11.7 Å². The molecular formula is C19H25N5O2. The van der Waals surface area contributed by atoms with Gasteiger partial charge in [-0.15, -0.1) is 0 Å². The second-order valence-electron chi connectivity index (χ2n) is 7.04. The molecule has 2 aromatic rings. The van der Waals surface area contributed by atoms with Crippen LogP contribution in [-0.4, -0.2) is 60.6 Å². The number of hydrogen-bond donors (Lipinski definition) is 1. The second kappa shape index (κ2) is 6.82. The van der Waals surface area contributed by atoms with Gasteiger partial charge in [0, 0.05) is 45.9 Å². The van der Waals surface area contributed by atoms with Gasteiger partial charge in [0.1, 0.15) is 11.6 Å².